The van der Waals surface area contributed by atoms with Crippen molar-refractivity contribution in [2.75, 3.05) is 0 Å². The summed E-state index contributed by atoms with van der Waals surface area (Å²) in [5, 5.41) is 0.942. The molecule has 0 amide bonds. The van der Waals surface area contributed by atoms with E-state index in [9.17, 15) is 0 Å². The molecule has 0 atom stereocenters. The number of hydrogen-bond donors (Lipinski definition) is 0. The van der Waals surface area contributed by atoms with Gasteiger partial charge < -0.3 is 0 Å². The van der Waals surface area contributed by atoms with E-state index in [0.29, 0.717) is 22.0 Å². The van der Waals surface area contributed by atoms with Gasteiger partial charge in [0.1, 0.15) is 16.0 Å². The highest BCUT2D eigenvalue weighted by Gasteiger charge is 2.25. The smallest absolute Gasteiger partial charge is 0.181 e. The predicted octanol–water partition coefficient (Wildman–Crippen LogP) is 5.12. The van der Waals surface area contributed by atoms with Crippen molar-refractivity contribution in [1.82, 2.24) is 15.0 Å². The Balaban J connectivity index is 2.05. The Labute approximate surface area is 134 Å². The van der Waals surface area contributed by atoms with Gasteiger partial charge in [0.15, 0.2) is 5.82 Å². The van der Waals surface area contributed by atoms with Gasteiger partial charge in [0, 0.05) is 11.8 Å². The Morgan fingerprint density at radius 1 is 1.05 bits per heavy atom. The lowest BCUT2D eigenvalue weighted by atomic mass is 10.0. The maximum atomic E-state index is 6.38. The summed E-state index contributed by atoms with van der Waals surface area (Å²) in [5.74, 6) is 0.898. The molecule has 110 valence electrons. The van der Waals surface area contributed by atoms with Gasteiger partial charge in [-0.05, 0) is 43.7 Å². The molecule has 1 fully saturated rings. The fraction of sp³-hybridized carbons (Fsp3) is 0.438. The van der Waals surface area contributed by atoms with Gasteiger partial charge in [-0.1, -0.05) is 42.1 Å². The second-order valence-electron chi connectivity index (χ2n) is 5.70. The molecule has 1 saturated carbocycles. The van der Waals surface area contributed by atoms with Crippen molar-refractivity contribution in [1.29, 1.82) is 0 Å². The molecule has 0 unspecified atom stereocenters. The first-order chi connectivity index (χ1) is 10.1. The van der Waals surface area contributed by atoms with Gasteiger partial charge in [-0.25, -0.2) is 9.97 Å². The molecule has 0 aliphatic heterocycles. The zero-order chi connectivity index (χ0) is 15.0. The summed E-state index contributed by atoms with van der Waals surface area (Å²) in [6.45, 7) is 4.00. The first-order valence-electron chi connectivity index (χ1n) is 7.23. The normalized spacial score (nSPS) is 15.6. The highest BCUT2D eigenvalue weighted by Crippen LogP contribution is 2.40. The van der Waals surface area contributed by atoms with Gasteiger partial charge in [0.2, 0.25) is 0 Å². The minimum atomic E-state index is 0.395. The Morgan fingerprint density at radius 2 is 1.67 bits per heavy atom. The van der Waals surface area contributed by atoms with E-state index in [1.54, 1.807) is 6.20 Å². The molecule has 5 heteroatoms. The number of nitrogens with zero attached hydrogens (tertiary/aromatic N) is 3. The molecule has 0 radical (unpaired) electrons. The number of aryl methyl sites for hydroxylation is 2. The largest absolute Gasteiger partial charge is 0.252 e. The third-order valence-corrected chi connectivity index (χ3v) is 4.62. The predicted molar refractivity (Wildman–Crippen MR) is 86.0 cm³/mol. The molecular formula is C16H17Cl2N3. The van der Waals surface area contributed by atoms with Crippen molar-refractivity contribution in [3.05, 3.63) is 39.3 Å². The summed E-state index contributed by atoms with van der Waals surface area (Å²) >= 11 is 12.8. The van der Waals surface area contributed by atoms with E-state index in [4.69, 9.17) is 23.2 Å². The van der Waals surface area contributed by atoms with Crippen molar-refractivity contribution in [3.63, 3.8) is 0 Å². The second kappa shape index (κ2) is 5.90. The van der Waals surface area contributed by atoms with Crippen LogP contribution in [0.1, 0.15) is 48.3 Å². The minimum Gasteiger partial charge on any atom is -0.252 e. The zero-order valence-corrected chi connectivity index (χ0v) is 13.7. The second-order valence-corrected chi connectivity index (χ2v) is 6.42. The maximum absolute atomic E-state index is 6.38. The molecular weight excluding hydrogens is 305 g/mol. The van der Waals surface area contributed by atoms with Crippen molar-refractivity contribution < 1.29 is 0 Å². The number of halogens is 2. The average molecular weight is 322 g/mol. The van der Waals surface area contributed by atoms with Crippen LogP contribution < -0.4 is 0 Å². The summed E-state index contributed by atoms with van der Waals surface area (Å²) in [5.41, 5.74) is 3.78. The molecule has 2 aromatic heterocycles. The van der Waals surface area contributed by atoms with E-state index in [2.05, 4.69) is 21.0 Å². The molecule has 0 spiro atoms. The number of rotatable bonds is 2. The van der Waals surface area contributed by atoms with Crippen LogP contribution in [0.15, 0.2) is 12.3 Å². The van der Waals surface area contributed by atoms with Crippen LogP contribution >= 0.6 is 23.2 Å². The summed E-state index contributed by atoms with van der Waals surface area (Å²) in [4.78, 5) is 13.3. The number of aromatic nitrogens is 3. The SMILES string of the molecule is Cc1cnc(-c2nc(Cl)c(C3CCCC3)c(Cl)n2)c(C)c1. The van der Waals surface area contributed by atoms with Crippen LogP contribution in [0.5, 0.6) is 0 Å². The van der Waals surface area contributed by atoms with Crippen LogP contribution in [-0.4, -0.2) is 15.0 Å². The third kappa shape index (κ3) is 2.90. The van der Waals surface area contributed by atoms with Gasteiger partial charge in [-0.3, -0.25) is 4.98 Å². The van der Waals surface area contributed by atoms with Gasteiger partial charge in [0.25, 0.3) is 0 Å². The van der Waals surface area contributed by atoms with Crippen molar-refractivity contribution in [2.45, 2.75) is 45.4 Å². The summed E-state index contributed by atoms with van der Waals surface area (Å²) in [7, 11) is 0. The zero-order valence-electron chi connectivity index (χ0n) is 12.2. The molecule has 0 bridgehead atoms. The summed E-state index contributed by atoms with van der Waals surface area (Å²) in [6, 6.07) is 2.05. The van der Waals surface area contributed by atoms with E-state index < -0.39 is 0 Å². The first-order valence-corrected chi connectivity index (χ1v) is 7.98. The Bertz CT molecular complexity index is 656. The highest BCUT2D eigenvalue weighted by molar-refractivity contribution is 6.34. The maximum Gasteiger partial charge on any atom is 0.181 e. The van der Waals surface area contributed by atoms with Crippen LogP contribution in [0.2, 0.25) is 10.3 Å². The quantitative estimate of drug-likeness (QED) is 0.720. The van der Waals surface area contributed by atoms with E-state index in [1.165, 1.54) is 12.8 Å². The molecule has 1 aliphatic carbocycles. The van der Waals surface area contributed by atoms with Crippen LogP contribution in [0.3, 0.4) is 0 Å². The molecule has 3 nitrogen and oxygen atoms in total. The Morgan fingerprint density at radius 3 is 2.24 bits per heavy atom. The van der Waals surface area contributed by atoms with Gasteiger partial charge >= 0.3 is 0 Å². The standard InChI is InChI=1S/C16H17Cl2N3/c1-9-7-10(2)13(19-8-9)16-20-14(17)12(15(18)21-16)11-5-3-4-6-11/h7-8,11H,3-6H2,1-2H3. The molecule has 3 rings (SSSR count). The lowest BCUT2D eigenvalue weighted by Crippen LogP contribution is -2.03. The lowest BCUT2D eigenvalue weighted by Gasteiger charge is -2.14. The molecule has 21 heavy (non-hydrogen) atoms. The van der Waals surface area contributed by atoms with E-state index in [1.807, 2.05) is 13.8 Å². The average Bonchev–Trinajstić information content (AvgIpc) is 2.91. The van der Waals surface area contributed by atoms with E-state index >= 15 is 0 Å². The van der Waals surface area contributed by atoms with Gasteiger partial charge in [0.05, 0.1) is 0 Å². The fourth-order valence-electron chi connectivity index (χ4n) is 3.02. The fourth-order valence-corrected chi connectivity index (χ4v) is 3.72. The Hall–Kier alpha value is -1.19. The topological polar surface area (TPSA) is 38.7 Å². The third-order valence-electron chi connectivity index (χ3n) is 4.04. The van der Waals surface area contributed by atoms with Crippen molar-refractivity contribution >= 4 is 23.2 Å². The molecule has 0 saturated heterocycles. The van der Waals surface area contributed by atoms with Gasteiger partial charge in [-0.2, -0.15) is 0 Å². The summed E-state index contributed by atoms with van der Waals surface area (Å²) in [6.07, 6.45) is 6.47. The van der Waals surface area contributed by atoms with Crippen LogP contribution in [0.25, 0.3) is 11.5 Å². The van der Waals surface area contributed by atoms with Crippen LogP contribution in [0.4, 0.5) is 0 Å². The minimum absolute atomic E-state index is 0.395. The number of pyridine rings is 1. The molecule has 2 aromatic rings. The van der Waals surface area contributed by atoms with Gasteiger partial charge in [-0.15, -0.1) is 0 Å². The number of hydrogen-bond acceptors (Lipinski definition) is 3. The molecule has 0 N–H and O–H groups in total. The molecule has 2 heterocycles. The molecule has 1 aliphatic rings. The highest BCUT2D eigenvalue weighted by atomic mass is 35.5. The lowest BCUT2D eigenvalue weighted by molar-refractivity contribution is 0.715. The Kier molecular flexibility index (Phi) is 4.14. The van der Waals surface area contributed by atoms with E-state index in [-0.39, 0.29) is 0 Å². The van der Waals surface area contributed by atoms with Crippen LogP contribution in [-0.2, 0) is 0 Å². The van der Waals surface area contributed by atoms with Crippen molar-refractivity contribution in [2.24, 2.45) is 0 Å². The van der Waals surface area contributed by atoms with Crippen molar-refractivity contribution in [3.8, 4) is 11.5 Å². The molecule has 0 aromatic carbocycles. The monoisotopic (exact) mass is 321 g/mol. The van der Waals surface area contributed by atoms with E-state index in [0.717, 1.165) is 35.2 Å². The van der Waals surface area contributed by atoms with Crippen LogP contribution in [0, 0.1) is 13.8 Å². The summed E-state index contributed by atoms with van der Waals surface area (Å²) < 4.78 is 0. The first kappa shape index (κ1) is 14.7.